The molecule has 22 heavy (non-hydrogen) atoms. The molecule has 0 radical (unpaired) electrons. The Hall–Kier alpha value is -1.95. The van der Waals surface area contributed by atoms with Crippen LogP contribution >= 0.6 is 0 Å². The van der Waals surface area contributed by atoms with Gasteiger partial charge in [0, 0.05) is 37.0 Å². The average molecular weight is 302 g/mol. The molecule has 1 amide bonds. The van der Waals surface area contributed by atoms with Crippen molar-refractivity contribution in [2.45, 2.75) is 46.1 Å². The lowest BCUT2D eigenvalue weighted by Crippen LogP contribution is -2.29. The van der Waals surface area contributed by atoms with Crippen molar-refractivity contribution >= 4 is 11.6 Å². The molecule has 0 bridgehead atoms. The first kappa shape index (κ1) is 15.0. The van der Waals surface area contributed by atoms with Crippen molar-refractivity contribution in [1.82, 2.24) is 19.5 Å². The first-order valence-corrected chi connectivity index (χ1v) is 7.74. The van der Waals surface area contributed by atoms with E-state index in [2.05, 4.69) is 10.1 Å². The Bertz CT molecular complexity index is 722. The molecule has 0 aromatic carbocycles. The fourth-order valence-electron chi connectivity index (χ4n) is 3.16. The quantitative estimate of drug-likeness (QED) is 0.924. The minimum absolute atomic E-state index is 0.104. The third-order valence-electron chi connectivity index (χ3n) is 4.39. The Balaban J connectivity index is 1.77. The van der Waals surface area contributed by atoms with E-state index in [0.29, 0.717) is 32.4 Å². The molecule has 6 heteroatoms. The van der Waals surface area contributed by atoms with Gasteiger partial charge in [0.15, 0.2) is 5.65 Å². The number of fused-ring (bicyclic) bond motifs is 1. The van der Waals surface area contributed by atoms with Gasteiger partial charge in [-0.2, -0.15) is 5.10 Å². The lowest BCUT2D eigenvalue weighted by atomic mass is 10.1. The number of nitrogens with zero attached hydrogens (tertiary/aromatic N) is 4. The standard InChI is InChI=1S/C16H22N4O2/c1-10-8-15-17-11(2)14(12(3)20(15)18-10)4-5-16(22)19-7-6-13(21)9-19/h8,13,21H,4-7,9H2,1-3H3/t13-/m1/s1. The molecule has 0 saturated carbocycles. The molecule has 2 aromatic rings. The van der Waals surface area contributed by atoms with Crippen molar-refractivity contribution in [1.29, 1.82) is 0 Å². The highest BCUT2D eigenvalue weighted by molar-refractivity contribution is 5.76. The maximum atomic E-state index is 12.2. The third kappa shape index (κ3) is 2.70. The highest BCUT2D eigenvalue weighted by Gasteiger charge is 2.24. The molecule has 1 atom stereocenters. The molecule has 0 spiro atoms. The fourth-order valence-corrected chi connectivity index (χ4v) is 3.16. The molecule has 1 N–H and O–H groups in total. The van der Waals surface area contributed by atoms with Crippen molar-refractivity contribution in [3.05, 3.63) is 28.7 Å². The van der Waals surface area contributed by atoms with E-state index >= 15 is 0 Å². The molecule has 6 nitrogen and oxygen atoms in total. The lowest BCUT2D eigenvalue weighted by molar-refractivity contribution is -0.130. The predicted octanol–water partition coefficient (Wildman–Crippen LogP) is 1.18. The van der Waals surface area contributed by atoms with Gasteiger partial charge >= 0.3 is 0 Å². The summed E-state index contributed by atoms with van der Waals surface area (Å²) in [4.78, 5) is 18.6. The normalized spacial score (nSPS) is 18.4. The fraction of sp³-hybridized carbons (Fsp3) is 0.562. The number of aryl methyl sites for hydroxylation is 3. The molecule has 118 valence electrons. The molecule has 1 aliphatic heterocycles. The predicted molar refractivity (Wildman–Crippen MR) is 82.7 cm³/mol. The summed E-state index contributed by atoms with van der Waals surface area (Å²) < 4.78 is 1.85. The second kappa shape index (κ2) is 5.68. The van der Waals surface area contributed by atoms with Gasteiger partial charge in [0.1, 0.15) is 0 Å². The summed E-state index contributed by atoms with van der Waals surface area (Å²) >= 11 is 0. The number of β-amino-alcohol motifs (C(OH)–C–C–N with tert-alkyl or cyclic N) is 1. The van der Waals surface area contributed by atoms with Crippen LogP contribution in [0.3, 0.4) is 0 Å². The van der Waals surface area contributed by atoms with Crippen LogP contribution in [0.15, 0.2) is 6.07 Å². The molecule has 3 rings (SSSR count). The number of carbonyl (C=O) groups is 1. The largest absolute Gasteiger partial charge is 0.391 e. The Kier molecular flexibility index (Phi) is 3.87. The molecule has 0 aliphatic carbocycles. The van der Waals surface area contributed by atoms with Crippen LogP contribution < -0.4 is 0 Å². The summed E-state index contributed by atoms with van der Waals surface area (Å²) in [6, 6.07) is 1.96. The molecule has 1 fully saturated rings. The number of rotatable bonds is 3. The summed E-state index contributed by atoms with van der Waals surface area (Å²) in [5.41, 5.74) is 4.88. The Morgan fingerprint density at radius 3 is 2.86 bits per heavy atom. The minimum Gasteiger partial charge on any atom is -0.391 e. The summed E-state index contributed by atoms with van der Waals surface area (Å²) in [6.45, 7) is 7.08. The van der Waals surface area contributed by atoms with E-state index in [1.807, 2.05) is 31.4 Å². The molecular weight excluding hydrogens is 280 g/mol. The maximum absolute atomic E-state index is 12.2. The van der Waals surface area contributed by atoms with Crippen LogP contribution in [0.5, 0.6) is 0 Å². The van der Waals surface area contributed by atoms with Crippen molar-refractivity contribution in [2.75, 3.05) is 13.1 Å². The van der Waals surface area contributed by atoms with Crippen LogP contribution in [0.25, 0.3) is 5.65 Å². The van der Waals surface area contributed by atoms with Crippen LogP contribution in [0.1, 0.15) is 35.5 Å². The van der Waals surface area contributed by atoms with E-state index in [0.717, 1.165) is 28.3 Å². The first-order valence-electron chi connectivity index (χ1n) is 7.74. The van der Waals surface area contributed by atoms with E-state index in [1.54, 1.807) is 4.90 Å². The number of carbonyl (C=O) groups excluding carboxylic acids is 1. The molecule has 1 aliphatic rings. The lowest BCUT2D eigenvalue weighted by Gasteiger charge is -2.16. The Labute approximate surface area is 129 Å². The number of amides is 1. The van der Waals surface area contributed by atoms with Crippen LogP contribution in [0.4, 0.5) is 0 Å². The Morgan fingerprint density at radius 2 is 2.18 bits per heavy atom. The van der Waals surface area contributed by atoms with Crippen molar-refractivity contribution in [2.24, 2.45) is 0 Å². The molecular formula is C16H22N4O2. The number of aliphatic hydroxyl groups is 1. The number of aromatic nitrogens is 3. The second-order valence-corrected chi connectivity index (χ2v) is 6.10. The van der Waals surface area contributed by atoms with E-state index in [4.69, 9.17) is 0 Å². The number of hydrogen-bond acceptors (Lipinski definition) is 4. The first-order chi connectivity index (χ1) is 10.5. The summed E-state index contributed by atoms with van der Waals surface area (Å²) in [7, 11) is 0. The van der Waals surface area contributed by atoms with Gasteiger partial charge in [0.25, 0.3) is 0 Å². The monoisotopic (exact) mass is 302 g/mol. The van der Waals surface area contributed by atoms with Crippen molar-refractivity contribution in [3.63, 3.8) is 0 Å². The summed E-state index contributed by atoms with van der Waals surface area (Å²) in [5, 5.41) is 14.0. The second-order valence-electron chi connectivity index (χ2n) is 6.10. The van der Waals surface area contributed by atoms with Crippen LogP contribution in [-0.2, 0) is 11.2 Å². The summed E-state index contributed by atoms with van der Waals surface area (Å²) in [6.07, 6.45) is 1.42. The van der Waals surface area contributed by atoms with E-state index in [-0.39, 0.29) is 12.0 Å². The van der Waals surface area contributed by atoms with Crippen LogP contribution in [0, 0.1) is 20.8 Å². The van der Waals surface area contributed by atoms with Crippen LogP contribution in [-0.4, -0.2) is 49.7 Å². The van der Waals surface area contributed by atoms with Gasteiger partial charge in [0.05, 0.1) is 11.8 Å². The smallest absolute Gasteiger partial charge is 0.222 e. The number of likely N-dealkylation sites (tertiary alicyclic amines) is 1. The average Bonchev–Trinajstić information content (AvgIpc) is 3.04. The SMILES string of the molecule is Cc1cc2nc(C)c(CCC(=O)N3CC[C@@H](O)C3)c(C)n2n1. The number of aliphatic hydroxyl groups excluding tert-OH is 1. The van der Waals surface area contributed by atoms with E-state index in [1.165, 1.54) is 0 Å². The van der Waals surface area contributed by atoms with Crippen molar-refractivity contribution < 1.29 is 9.90 Å². The number of hydrogen-bond donors (Lipinski definition) is 1. The minimum atomic E-state index is -0.363. The Morgan fingerprint density at radius 1 is 1.41 bits per heavy atom. The molecule has 2 aromatic heterocycles. The van der Waals surface area contributed by atoms with Gasteiger partial charge < -0.3 is 10.0 Å². The van der Waals surface area contributed by atoms with E-state index in [9.17, 15) is 9.90 Å². The maximum Gasteiger partial charge on any atom is 0.222 e. The third-order valence-corrected chi connectivity index (χ3v) is 4.39. The highest BCUT2D eigenvalue weighted by atomic mass is 16.3. The van der Waals surface area contributed by atoms with Crippen molar-refractivity contribution in [3.8, 4) is 0 Å². The topological polar surface area (TPSA) is 70.7 Å². The molecule has 3 heterocycles. The van der Waals surface area contributed by atoms with Crippen LogP contribution in [0.2, 0.25) is 0 Å². The summed E-state index contributed by atoms with van der Waals surface area (Å²) in [5.74, 6) is 0.104. The zero-order valence-corrected chi connectivity index (χ0v) is 13.3. The molecule has 1 saturated heterocycles. The van der Waals surface area contributed by atoms with Gasteiger partial charge in [-0.05, 0) is 39.2 Å². The van der Waals surface area contributed by atoms with E-state index < -0.39 is 0 Å². The highest BCUT2D eigenvalue weighted by Crippen LogP contribution is 2.18. The van der Waals surface area contributed by atoms with Gasteiger partial charge in [-0.25, -0.2) is 9.50 Å². The van der Waals surface area contributed by atoms with Gasteiger partial charge in [-0.3, -0.25) is 4.79 Å². The zero-order valence-electron chi connectivity index (χ0n) is 13.3. The zero-order chi connectivity index (χ0) is 15.9. The van der Waals surface area contributed by atoms with Gasteiger partial charge in [0.2, 0.25) is 5.91 Å². The molecule has 0 unspecified atom stereocenters. The van der Waals surface area contributed by atoms with Gasteiger partial charge in [-0.15, -0.1) is 0 Å². The van der Waals surface area contributed by atoms with Gasteiger partial charge in [-0.1, -0.05) is 0 Å².